The number of hydrogen-bond acceptors (Lipinski definition) is 5. The molecule has 0 amide bonds. The maximum atomic E-state index is 12.8. The summed E-state index contributed by atoms with van der Waals surface area (Å²) >= 11 is 3.44. The fraction of sp³-hybridized carbons (Fsp3) is 0.769. The molecule has 0 saturated heterocycles. The highest BCUT2D eigenvalue weighted by molar-refractivity contribution is 9.11. The molecule has 114 valence electrons. The molecular weight excluding hydrogens is 347 g/mol. The lowest BCUT2D eigenvalue weighted by Gasteiger charge is -2.32. The molecule has 2 aliphatic rings. The Bertz CT molecular complexity index is 457. The molecule has 0 atom stereocenters. The molecule has 1 saturated carbocycles. The minimum absolute atomic E-state index is 0.0445. The molecular formula is C13H20BrO5P. The first-order chi connectivity index (χ1) is 9.49. The molecule has 5 nitrogen and oxygen atoms in total. The van der Waals surface area contributed by atoms with Crippen LogP contribution in [0.25, 0.3) is 0 Å². The van der Waals surface area contributed by atoms with Gasteiger partial charge in [-0.1, -0.05) is 6.42 Å². The van der Waals surface area contributed by atoms with Gasteiger partial charge in [0.05, 0.1) is 17.7 Å². The maximum Gasteiger partial charge on any atom is 0.369 e. The van der Waals surface area contributed by atoms with Crippen LogP contribution in [-0.4, -0.2) is 24.8 Å². The van der Waals surface area contributed by atoms with Gasteiger partial charge < -0.3 is 13.8 Å². The minimum Gasteiger partial charge on any atom is -0.450 e. The van der Waals surface area contributed by atoms with Crippen LogP contribution in [0, 0.1) is 0 Å². The second-order valence-electron chi connectivity index (χ2n) is 4.94. The summed E-state index contributed by atoms with van der Waals surface area (Å²) in [7, 11) is -3.61. The van der Waals surface area contributed by atoms with Crippen LogP contribution in [0.2, 0.25) is 0 Å². The van der Waals surface area contributed by atoms with Gasteiger partial charge in [-0.05, 0) is 55.5 Å². The lowest BCUT2D eigenvalue weighted by atomic mass is 9.85. The van der Waals surface area contributed by atoms with E-state index in [1.807, 2.05) is 0 Å². The monoisotopic (exact) mass is 366 g/mol. The fourth-order valence-corrected chi connectivity index (χ4v) is 5.78. The van der Waals surface area contributed by atoms with Crippen LogP contribution in [0.15, 0.2) is 9.80 Å². The van der Waals surface area contributed by atoms with Crippen LogP contribution in [-0.2, 0) is 23.1 Å². The topological polar surface area (TPSA) is 61.8 Å². The van der Waals surface area contributed by atoms with E-state index in [1.54, 1.807) is 13.8 Å². The predicted octanol–water partition coefficient (Wildman–Crippen LogP) is 4.12. The van der Waals surface area contributed by atoms with Crippen LogP contribution in [0.3, 0.4) is 0 Å². The van der Waals surface area contributed by atoms with Gasteiger partial charge in [-0.15, -0.1) is 0 Å². The third kappa shape index (κ3) is 2.76. The summed E-state index contributed by atoms with van der Waals surface area (Å²) in [6.07, 6.45) is 4.61. The second kappa shape index (κ2) is 6.30. The molecule has 2 rings (SSSR count). The Kier molecular flexibility index (Phi) is 5.11. The SMILES string of the molecule is CCOP(=O)(OCC)C1=C(Br)C2(CCCCC2)OC1=O. The average molecular weight is 367 g/mol. The molecule has 1 aliphatic carbocycles. The Morgan fingerprint density at radius 2 is 1.75 bits per heavy atom. The predicted molar refractivity (Wildman–Crippen MR) is 78.7 cm³/mol. The van der Waals surface area contributed by atoms with Crippen LogP contribution >= 0.6 is 23.5 Å². The van der Waals surface area contributed by atoms with Crippen LogP contribution in [0.4, 0.5) is 0 Å². The molecule has 1 spiro atoms. The van der Waals surface area contributed by atoms with E-state index in [-0.39, 0.29) is 18.5 Å². The lowest BCUT2D eigenvalue weighted by Crippen LogP contribution is -2.32. The summed E-state index contributed by atoms with van der Waals surface area (Å²) < 4.78 is 29.5. The smallest absolute Gasteiger partial charge is 0.369 e. The summed E-state index contributed by atoms with van der Waals surface area (Å²) in [5.74, 6) is -0.580. The zero-order valence-corrected chi connectivity index (χ0v) is 14.3. The van der Waals surface area contributed by atoms with Crippen molar-refractivity contribution < 1.29 is 23.1 Å². The van der Waals surface area contributed by atoms with Crippen LogP contribution < -0.4 is 0 Å². The molecule has 0 N–H and O–H groups in total. The molecule has 1 aliphatic heterocycles. The second-order valence-corrected chi connectivity index (χ2v) is 7.69. The number of halogens is 1. The van der Waals surface area contributed by atoms with E-state index in [0.29, 0.717) is 4.48 Å². The number of rotatable bonds is 5. The standard InChI is InChI=1S/C13H20BrO5P/c1-3-17-20(16,18-4-2)10-11(14)13(19-12(10)15)8-6-5-7-9-13/h3-9H2,1-2H3. The van der Waals surface area contributed by atoms with Crippen molar-refractivity contribution in [3.8, 4) is 0 Å². The average Bonchev–Trinajstić information content (AvgIpc) is 2.62. The molecule has 0 bridgehead atoms. The van der Waals surface area contributed by atoms with E-state index < -0.39 is 19.2 Å². The third-order valence-corrected chi connectivity index (χ3v) is 7.20. The molecule has 1 fully saturated rings. The van der Waals surface area contributed by atoms with E-state index in [0.717, 1.165) is 32.1 Å². The Morgan fingerprint density at radius 1 is 1.20 bits per heavy atom. The van der Waals surface area contributed by atoms with Gasteiger partial charge in [-0.25, -0.2) is 4.79 Å². The number of carbonyl (C=O) groups excluding carboxylic acids is 1. The van der Waals surface area contributed by atoms with Crippen molar-refractivity contribution in [2.24, 2.45) is 0 Å². The van der Waals surface area contributed by atoms with Crippen molar-refractivity contribution in [1.82, 2.24) is 0 Å². The first kappa shape index (κ1) is 16.2. The maximum absolute atomic E-state index is 12.8. The van der Waals surface area contributed by atoms with E-state index in [2.05, 4.69) is 15.9 Å². The van der Waals surface area contributed by atoms with Crippen molar-refractivity contribution in [2.75, 3.05) is 13.2 Å². The van der Waals surface area contributed by atoms with Crippen molar-refractivity contribution in [1.29, 1.82) is 0 Å². The molecule has 0 aromatic heterocycles. The van der Waals surface area contributed by atoms with Gasteiger partial charge in [0.2, 0.25) is 0 Å². The number of carbonyl (C=O) groups is 1. The van der Waals surface area contributed by atoms with Gasteiger partial charge in [0, 0.05) is 0 Å². The molecule has 7 heteroatoms. The first-order valence-corrected chi connectivity index (χ1v) is 9.36. The zero-order chi connectivity index (χ0) is 14.8. The number of esters is 1. The molecule has 0 aromatic carbocycles. The first-order valence-electron chi connectivity index (χ1n) is 7.02. The van der Waals surface area contributed by atoms with Gasteiger partial charge >= 0.3 is 13.6 Å². The van der Waals surface area contributed by atoms with E-state index in [9.17, 15) is 9.36 Å². The van der Waals surface area contributed by atoms with Crippen molar-refractivity contribution in [3.05, 3.63) is 9.80 Å². The summed E-state index contributed by atoms with van der Waals surface area (Å²) in [5.41, 5.74) is -0.658. The molecule has 1 heterocycles. The highest BCUT2D eigenvalue weighted by Crippen LogP contribution is 2.63. The summed E-state index contributed by atoms with van der Waals surface area (Å²) in [5, 5.41) is 0.0445. The highest BCUT2D eigenvalue weighted by atomic mass is 79.9. The highest BCUT2D eigenvalue weighted by Gasteiger charge is 2.53. The Balaban J connectivity index is 2.41. The summed E-state index contributed by atoms with van der Waals surface area (Å²) in [4.78, 5) is 12.2. The van der Waals surface area contributed by atoms with E-state index >= 15 is 0 Å². The normalized spacial score (nSPS) is 22.4. The van der Waals surface area contributed by atoms with E-state index in [1.165, 1.54) is 0 Å². The molecule has 20 heavy (non-hydrogen) atoms. The van der Waals surface area contributed by atoms with E-state index in [4.69, 9.17) is 13.8 Å². The molecule has 0 unspecified atom stereocenters. The van der Waals surface area contributed by atoms with Crippen molar-refractivity contribution in [2.45, 2.75) is 51.6 Å². The summed E-state index contributed by atoms with van der Waals surface area (Å²) in [6, 6.07) is 0. The third-order valence-electron chi connectivity index (χ3n) is 3.62. The Hall–Kier alpha value is -0.160. The van der Waals surface area contributed by atoms with Gasteiger partial charge in [-0.3, -0.25) is 4.57 Å². The van der Waals surface area contributed by atoms with Crippen molar-refractivity contribution in [3.63, 3.8) is 0 Å². The Morgan fingerprint density at radius 3 is 2.25 bits per heavy atom. The van der Waals surface area contributed by atoms with Gasteiger partial charge in [0.1, 0.15) is 5.60 Å². The van der Waals surface area contributed by atoms with Crippen LogP contribution in [0.5, 0.6) is 0 Å². The lowest BCUT2D eigenvalue weighted by molar-refractivity contribution is -0.148. The Labute approximate surface area is 127 Å². The van der Waals surface area contributed by atoms with Gasteiger partial charge in [-0.2, -0.15) is 0 Å². The van der Waals surface area contributed by atoms with Crippen LogP contribution in [0.1, 0.15) is 46.0 Å². The molecule has 0 radical (unpaired) electrons. The fourth-order valence-electron chi connectivity index (χ4n) is 2.76. The quantitative estimate of drug-likeness (QED) is 0.540. The molecule has 0 aromatic rings. The zero-order valence-electron chi connectivity index (χ0n) is 11.8. The van der Waals surface area contributed by atoms with Gasteiger partial charge in [0.15, 0.2) is 5.31 Å². The van der Waals surface area contributed by atoms with Gasteiger partial charge in [0.25, 0.3) is 0 Å². The number of ether oxygens (including phenoxy) is 1. The number of hydrogen-bond donors (Lipinski definition) is 0. The van der Waals surface area contributed by atoms with Crippen molar-refractivity contribution >= 4 is 29.5 Å². The minimum atomic E-state index is -3.61. The summed E-state index contributed by atoms with van der Waals surface area (Å²) in [6.45, 7) is 3.86. The largest absolute Gasteiger partial charge is 0.450 e.